The molecule has 1 fully saturated rings. The van der Waals surface area contributed by atoms with Gasteiger partial charge in [0.25, 0.3) is 0 Å². The van der Waals surface area contributed by atoms with Gasteiger partial charge in [0.15, 0.2) is 0 Å². The van der Waals surface area contributed by atoms with Crippen LogP contribution in [0.3, 0.4) is 0 Å². The largest absolute Gasteiger partial charge is 0.315 e. The Hall–Kier alpha value is 0.220. The van der Waals surface area contributed by atoms with E-state index >= 15 is 0 Å². The van der Waals surface area contributed by atoms with Crippen molar-refractivity contribution in [3.63, 3.8) is 0 Å². The van der Waals surface area contributed by atoms with Crippen molar-refractivity contribution >= 4 is 21.8 Å². The maximum absolute atomic E-state index is 12.0. The minimum atomic E-state index is -3.17. The van der Waals surface area contributed by atoms with Crippen LogP contribution in [0.15, 0.2) is 0 Å². The van der Waals surface area contributed by atoms with Gasteiger partial charge in [0.1, 0.15) is 0 Å². The zero-order valence-corrected chi connectivity index (χ0v) is 12.6. The van der Waals surface area contributed by atoms with Crippen LogP contribution in [0, 0.1) is 0 Å². The first-order chi connectivity index (χ1) is 7.96. The summed E-state index contributed by atoms with van der Waals surface area (Å²) in [6, 6.07) is 0. The van der Waals surface area contributed by atoms with Crippen LogP contribution < -0.4 is 10.0 Å². The van der Waals surface area contributed by atoms with Crippen LogP contribution in [0.4, 0.5) is 0 Å². The van der Waals surface area contributed by atoms with E-state index in [0.29, 0.717) is 13.1 Å². The average Bonchev–Trinajstić information content (AvgIpc) is 3.07. The molecule has 4 nitrogen and oxygen atoms in total. The van der Waals surface area contributed by atoms with Gasteiger partial charge in [0.05, 0.1) is 5.25 Å². The Labute approximate surface area is 109 Å². The molecule has 0 aromatic carbocycles. The second-order valence-corrected chi connectivity index (χ2v) is 8.23. The van der Waals surface area contributed by atoms with Gasteiger partial charge in [-0.2, -0.15) is 11.8 Å². The van der Waals surface area contributed by atoms with Crippen molar-refractivity contribution < 1.29 is 8.42 Å². The number of rotatable bonds is 9. The van der Waals surface area contributed by atoms with E-state index in [1.807, 2.05) is 6.26 Å². The highest BCUT2D eigenvalue weighted by atomic mass is 32.2. The summed E-state index contributed by atoms with van der Waals surface area (Å²) < 4.78 is 26.8. The molecular weight excluding hydrogens is 256 g/mol. The highest BCUT2D eigenvalue weighted by Crippen LogP contribution is 2.46. The molecule has 102 valence electrons. The molecule has 1 rings (SSSR count). The van der Waals surface area contributed by atoms with Gasteiger partial charge in [-0.1, -0.05) is 6.92 Å². The predicted octanol–water partition coefficient (Wildman–Crippen LogP) is 1.19. The van der Waals surface area contributed by atoms with Gasteiger partial charge >= 0.3 is 0 Å². The summed E-state index contributed by atoms with van der Waals surface area (Å²) in [5.41, 5.74) is 0. The zero-order valence-electron chi connectivity index (χ0n) is 11.0. The van der Waals surface area contributed by atoms with Gasteiger partial charge < -0.3 is 5.32 Å². The van der Waals surface area contributed by atoms with E-state index in [4.69, 9.17) is 0 Å². The van der Waals surface area contributed by atoms with E-state index in [9.17, 15) is 8.42 Å². The Kier molecular flexibility index (Phi) is 5.76. The fraction of sp³-hybridized carbons (Fsp3) is 1.00. The molecule has 0 heterocycles. The van der Waals surface area contributed by atoms with Crippen LogP contribution in [-0.2, 0) is 10.0 Å². The van der Waals surface area contributed by atoms with Crippen molar-refractivity contribution in [2.75, 3.05) is 25.9 Å². The van der Waals surface area contributed by atoms with Crippen molar-refractivity contribution in [2.45, 2.75) is 43.1 Å². The second-order valence-electron chi connectivity index (χ2n) is 4.77. The lowest BCUT2D eigenvalue weighted by atomic mass is 10.4. The van der Waals surface area contributed by atoms with Crippen LogP contribution >= 0.6 is 11.8 Å². The predicted molar refractivity (Wildman–Crippen MR) is 75.0 cm³/mol. The van der Waals surface area contributed by atoms with Gasteiger partial charge in [0.2, 0.25) is 10.0 Å². The standard InChI is InChI=1S/C11H24N2O2S2/c1-4-7-12-8-10(2)17(14,15)13-9-11(16-3)5-6-11/h10,12-13H,4-9H2,1-3H3. The molecule has 0 radical (unpaired) electrons. The van der Waals surface area contributed by atoms with Gasteiger partial charge in [-0.15, -0.1) is 0 Å². The van der Waals surface area contributed by atoms with Crippen molar-refractivity contribution in [3.05, 3.63) is 0 Å². The molecule has 0 aromatic heterocycles. The number of thioether (sulfide) groups is 1. The summed E-state index contributed by atoms with van der Waals surface area (Å²) >= 11 is 1.77. The molecule has 1 aliphatic rings. The Morgan fingerprint density at radius 3 is 2.53 bits per heavy atom. The summed E-state index contributed by atoms with van der Waals surface area (Å²) in [5, 5.41) is 2.77. The summed E-state index contributed by atoms with van der Waals surface area (Å²) in [5.74, 6) is 0. The molecule has 1 unspecified atom stereocenters. The number of hydrogen-bond donors (Lipinski definition) is 2. The summed E-state index contributed by atoms with van der Waals surface area (Å²) in [6.45, 7) is 5.79. The van der Waals surface area contributed by atoms with E-state index < -0.39 is 10.0 Å². The molecule has 0 aliphatic heterocycles. The molecule has 0 spiro atoms. The SMILES string of the molecule is CCCNCC(C)S(=O)(=O)NCC1(SC)CC1. The van der Waals surface area contributed by atoms with Crippen LogP contribution in [0.25, 0.3) is 0 Å². The third-order valence-corrected chi connectivity index (χ3v) is 6.42. The van der Waals surface area contributed by atoms with E-state index in [1.165, 1.54) is 0 Å². The first-order valence-electron chi connectivity index (χ1n) is 6.20. The molecule has 17 heavy (non-hydrogen) atoms. The molecule has 0 amide bonds. The van der Waals surface area contributed by atoms with E-state index in [0.717, 1.165) is 25.8 Å². The minimum Gasteiger partial charge on any atom is -0.315 e. The highest BCUT2D eigenvalue weighted by Gasteiger charge is 2.42. The topological polar surface area (TPSA) is 58.2 Å². The summed E-state index contributed by atoms with van der Waals surface area (Å²) in [6.07, 6.45) is 5.32. The quantitative estimate of drug-likeness (QED) is 0.623. The maximum Gasteiger partial charge on any atom is 0.215 e. The smallest absolute Gasteiger partial charge is 0.215 e. The molecular formula is C11H24N2O2S2. The van der Waals surface area contributed by atoms with Crippen LogP contribution in [0.1, 0.15) is 33.1 Å². The van der Waals surface area contributed by atoms with E-state index in [2.05, 4.69) is 17.0 Å². The average molecular weight is 280 g/mol. The number of hydrogen-bond acceptors (Lipinski definition) is 4. The Balaban J connectivity index is 2.34. The molecule has 0 saturated heterocycles. The summed E-state index contributed by atoms with van der Waals surface area (Å²) in [7, 11) is -3.17. The Morgan fingerprint density at radius 2 is 2.06 bits per heavy atom. The molecule has 6 heteroatoms. The number of nitrogens with one attached hydrogen (secondary N) is 2. The normalized spacial score (nSPS) is 20.2. The third kappa shape index (κ3) is 4.77. The first-order valence-corrected chi connectivity index (χ1v) is 8.97. The minimum absolute atomic E-state index is 0.184. The fourth-order valence-electron chi connectivity index (χ4n) is 1.56. The van der Waals surface area contributed by atoms with Crippen LogP contribution in [-0.4, -0.2) is 44.3 Å². The highest BCUT2D eigenvalue weighted by molar-refractivity contribution is 8.00. The Bertz CT molecular complexity index is 326. The maximum atomic E-state index is 12.0. The molecule has 0 bridgehead atoms. The van der Waals surface area contributed by atoms with Crippen molar-refractivity contribution in [3.8, 4) is 0 Å². The molecule has 0 aromatic rings. The van der Waals surface area contributed by atoms with Crippen LogP contribution in [0.5, 0.6) is 0 Å². The molecule has 2 N–H and O–H groups in total. The van der Waals surface area contributed by atoms with E-state index in [-0.39, 0.29) is 10.00 Å². The lowest BCUT2D eigenvalue weighted by Crippen LogP contribution is -2.41. The molecule has 1 atom stereocenters. The van der Waals surface area contributed by atoms with Gasteiger partial charge in [-0.3, -0.25) is 0 Å². The van der Waals surface area contributed by atoms with Crippen LogP contribution in [0.2, 0.25) is 0 Å². The van der Waals surface area contributed by atoms with Crippen molar-refractivity contribution in [2.24, 2.45) is 0 Å². The second kappa shape index (κ2) is 6.41. The first kappa shape index (κ1) is 15.3. The lowest BCUT2D eigenvalue weighted by Gasteiger charge is -2.17. The van der Waals surface area contributed by atoms with Crippen molar-refractivity contribution in [1.82, 2.24) is 10.0 Å². The molecule has 1 aliphatic carbocycles. The monoisotopic (exact) mass is 280 g/mol. The van der Waals surface area contributed by atoms with Crippen molar-refractivity contribution in [1.29, 1.82) is 0 Å². The molecule has 1 saturated carbocycles. The van der Waals surface area contributed by atoms with Gasteiger partial charge in [-0.25, -0.2) is 13.1 Å². The summed E-state index contributed by atoms with van der Waals surface area (Å²) in [4.78, 5) is 0. The van der Waals surface area contributed by atoms with Gasteiger partial charge in [0, 0.05) is 17.8 Å². The zero-order chi connectivity index (χ0) is 12.9. The van der Waals surface area contributed by atoms with E-state index in [1.54, 1.807) is 18.7 Å². The third-order valence-electron chi connectivity index (χ3n) is 3.22. The van der Waals surface area contributed by atoms with Gasteiger partial charge in [-0.05, 0) is 39.0 Å². The number of sulfonamides is 1. The fourth-order valence-corrected chi connectivity index (χ4v) is 3.48. The lowest BCUT2D eigenvalue weighted by molar-refractivity contribution is 0.555. The Morgan fingerprint density at radius 1 is 1.41 bits per heavy atom.